The molecule has 0 saturated carbocycles. The van der Waals surface area contributed by atoms with Crippen LogP contribution in [-0.4, -0.2) is 44.4 Å². The molecule has 1 unspecified atom stereocenters. The van der Waals surface area contributed by atoms with Crippen molar-refractivity contribution in [3.8, 4) is 0 Å². The van der Waals surface area contributed by atoms with E-state index in [1.807, 2.05) is 18.2 Å². The van der Waals surface area contributed by atoms with Gasteiger partial charge in [0.25, 0.3) is 0 Å². The Bertz CT molecular complexity index is 867. The fourth-order valence-corrected chi connectivity index (χ4v) is 3.80. The Balaban J connectivity index is 1.63. The number of hydrogen-bond donors (Lipinski definition) is 2. The molecule has 0 aliphatic rings. The molecule has 0 amide bonds. The van der Waals surface area contributed by atoms with Gasteiger partial charge in [0.15, 0.2) is 0 Å². The van der Waals surface area contributed by atoms with Gasteiger partial charge in [-0.2, -0.15) is 0 Å². The molecule has 1 heterocycles. The first-order valence-electron chi connectivity index (χ1n) is 12.0. The second kappa shape index (κ2) is 15.3. The van der Waals surface area contributed by atoms with E-state index in [0.29, 0.717) is 18.3 Å². The summed E-state index contributed by atoms with van der Waals surface area (Å²) in [7, 11) is 2.10. The molecule has 1 aromatic heterocycles. The zero-order valence-electron chi connectivity index (χ0n) is 20.5. The summed E-state index contributed by atoms with van der Waals surface area (Å²) in [6.45, 7) is 11.4. The minimum atomic E-state index is -0.248. The third kappa shape index (κ3) is 9.84. The Morgan fingerprint density at radius 2 is 2.03 bits per heavy atom. The van der Waals surface area contributed by atoms with Crippen molar-refractivity contribution < 1.29 is 4.39 Å². The van der Waals surface area contributed by atoms with Gasteiger partial charge in [-0.15, -0.1) is 0 Å². The monoisotopic (exact) mass is 453 g/mol. The molecule has 2 aromatic rings. The van der Waals surface area contributed by atoms with Crippen molar-refractivity contribution in [2.75, 3.05) is 31.6 Å². The maximum absolute atomic E-state index is 13.7. The van der Waals surface area contributed by atoms with Crippen molar-refractivity contribution in [3.05, 3.63) is 65.8 Å². The van der Waals surface area contributed by atoms with E-state index in [-0.39, 0.29) is 5.82 Å². The number of para-hydroxylation sites is 2. The Labute approximate surface area is 199 Å². The summed E-state index contributed by atoms with van der Waals surface area (Å²) in [6.07, 6.45) is 9.26. The summed E-state index contributed by atoms with van der Waals surface area (Å²) >= 11 is 0. The maximum atomic E-state index is 13.7. The van der Waals surface area contributed by atoms with Crippen LogP contribution < -0.4 is 15.5 Å². The number of rotatable bonds is 16. The Kier molecular flexibility index (Phi) is 12.4. The van der Waals surface area contributed by atoms with E-state index in [2.05, 4.69) is 65.3 Å². The third-order valence-electron chi connectivity index (χ3n) is 5.78. The van der Waals surface area contributed by atoms with Crippen LogP contribution in [0.15, 0.2) is 59.2 Å². The van der Waals surface area contributed by atoms with Gasteiger partial charge in [-0.05, 0) is 83.1 Å². The van der Waals surface area contributed by atoms with Crippen LogP contribution >= 0.6 is 0 Å². The minimum Gasteiger partial charge on any atom is -0.373 e. The SMILES string of the molecule is C=Nc1ccccc1N(C)CCCNCC/C(=C/CC)CCC(C)NCc1ncccc1F. The number of nitrogens with zero attached hydrogens (tertiary/aromatic N) is 3. The lowest BCUT2D eigenvalue weighted by Gasteiger charge is -2.21. The van der Waals surface area contributed by atoms with Crippen LogP contribution in [0.1, 0.15) is 51.6 Å². The lowest BCUT2D eigenvalue weighted by molar-refractivity contribution is 0.490. The first-order valence-corrected chi connectivity index (χ1v) is 12.0. The molecule has 0 bridgehead atoms. The molecule has 0 aliphatic carbocycles. The first kappa shape index (κ1) is 26.7. The van der Waals surface area contributed by atoms with E-state index in [0.717, 1.165) is 63.1 Å². The van der Waals surface area contributed by atoms with Gasteiger partial charge in [0.05, 0.1) is 17.1 Å². The molecule has 0 radical (unpaired) electrons. The topological polar surface area (TPSA) is 52.5 Å². The van der Waals surface area contributed by atoms with E-state index in [1.165, 1.54) is 11.6 Å². The molecule has 2 rings (SSSR count). The predicted octanol–water partition coefficient (Wildman–Crippen LogP) is 5.65. The summed E-state index contributed by atoms with van der Waals surface area (Å²) in [5.74, 6) is -0.248. The molecule has 0 fully saturated rings. The molecule has 0 aliphatic heterocycles. The summed E-state index contributed by atoms with van der Waals surface area (Å²) in [5, 5.41) is 6.97. The maximum Gasteiger partial charge on any atom is 0.146 e. The summed E-state index contributed by atoms with van der Waals surface area (Å²) < 4.78 is 13.7. The zero-order chi connectivity index (χ0) is 23.9. The summed E-state index contributed by atoms with van der Waals surface area (Å²) in [6, 6.07) is 11.5. The van der Waals surface area contributed by atoms with E-state index in [1.54, 1.807) is 12.3 Å². The number of allylic oxidation sites excluding steroid dienone is 1. The summed E-state index contributed by atoms with van der Waals surface area (Å²) in [5.41, 5.74) is 4.02. The van der Waals surface area contributed by atoms with Crippen LogP contribution in [0.25, 0.3) is 0 Å². The van der Waals surface area contributed by atoms with Crippen LogP contribution in [-0.2, 0) is 6.54 Å². The predicted molar refractivity (Wildman–Crippen MR) is 139 cm³/mol. The van der Waals surface area contributed by atoms with Crippen molar-refractivity contribution in [2.45, 2.75) is 58.5 Å². The van der Waals surface area contributed by atoms with Crippen LogP contribution in [0.3, 0.4) is 0 Å². The van der Waals surface area contributed by atoms with Gasteiger partial charge in [0.2, 0.25) is 0 Å². The fraction of sp³-hybridized carbons (Fsp3) is 0.481. The minimum absolute atomic E-state index is 0.248. The molecule has 0 saturated heterocycles. The van der Waals surface area contributed by atoms with E-state index in [4.69, 9.17) is 0 Å². The van der Waals surface area contributed by atoms with Crippen LogP contribution in [0.5, 0.6) is 0 Å². The number of anilines is 1. The van der Waals surface area contributed by atoms with Crippen molar-refractivity contribution in [3.63, 3.8) is 0 Å². The molecular weight excluding hydrogens is 413 g/mol. The van der Waals surface area contributed by atoms with Crippen molar-refractivity contribution in [1.82, 2.24) is 15.6 Å². The van der Waals surface area contributed by atoms with Gasteiger partial charge in [0, 0.05) is 32.4 Å². The molecule has 1 aromatic carbocycles. The second-order valence-electron chi connectivity index (χ2n) is 8.45. The molecule has 180 valence electrons. The molecule has 33 heavy (non-hydrogen) atoms. The standard InChI is InChI=1S/C27H40FN5/c1-5-10-23(15-14-22(2)32-21-26-24(28)11-8-18-31-26)16-19-30-17-9-20-33(4)27-13-7-6-12-25(27)29-3/h6-8,10-13,18,22,30,32H,3,5,9,14-17,19-21H2,1-2,4H3/b23-10+. The van der Waals surface area contributed by atoms with Gasteiger partial charge < -0.3 is 15.5 Å². The van der Waals surface area contributed by atoms with Gasteiger partial charge in [-0.25, -0.2) is 4.39 Å². The quantitative estimate of drug-likeness (QED) is 0.196. The average molecular weight is 454 g/mol. The average Bonchev–Trinajstić information content (AvgIpc) is 2.83. The molecule has 5 nitrogen and oxygen atoms in total. The fourth-order valence-electron chi connectivity index (χ4n) is 3.80. The van der Waals surface area contributed by atoms with E-state index in [9.17, 15) is 4.39 Å². The highest BCUT2D eigenvalue weighted by atomic mass is 19.1. The molecule has 6 heteroatoms. The molecule has 0 spiro atoms. The van der Waals surface area contributed by atoms with Crippen LogP contribution in [0, 0.1) is 5.82 Å². The van der Waals surface area contributed by atoms with Crippen molar-refractivity contribution in [1.29, 1.82) is 0 Å². The number of aromatic nitrogens is 1. The van der Waals surface area contributed by atoms with Gasteiger partial charge in [-0.3, -0.25) is 9.98 Å². The number of aliphatic imine (C=N–C) groups is 1. The largest absolute Gasteiger partial charge is 0.373 e. The van der Waals surface area contributed by atoms with Crippen molar-refractivity contribution >= 4 is 18.1 Å². The number of halogens is 1. The number of hydrogen-bond acceptors (Lipinski definition) is 5. The van der Waals surface area contributed by atoms with Gasteiger partial charge >= 0.3 is 0 Å². The number of pyridine rings is 1. The van der Waals surface area contributed by atoms with Crippen LogP contribution in [0.4, 0.5) is 15.8 Å². The Morgan fingerprint density at radius 3 is 2.79 bits per heavy atom. The number of nitrogens with one attached hydrogen (secondary N) is 2. The molecule has 1 atom stereocenters. The second-order valence-corrected chi connectivity index (χ2v) is 8.45. The normalized spacial score (nSPS) is 12.5. The third-order valence-corrected chi connectivity index (χ3v) is 5.78. The molecular formula is C27H40FN5. The smallest absolute Gasteiger partial charge is 0.146 e. The Hall–Kier alpha value is -2.57. The summed E-state index contributed by atoms with van der Waals surface area (Å²) in [4.78, 5) is 10.5. The van der Waals surface area contributed by atoms with Crippen LogP contribution in [0.2, 0.25) is 0 Å². The van der Waals surface area contributed by atoms with E-state index < -0.39 is 0 Å². The van der Waals surface area contributed by atoms with Crippen molar-refractivity contribution in [2.24, 2.45) is 4.99 Å². The first-order chi connectivity index (χ1) is 16.0. The highest BCUT2D eigenvalue weighted by Crippen LogP contribution is 2.26. The highest BCUT2D eigenvalue weighted by Gasteiger charge is 2.08. The molecule has 2 N–H and O–H groups in total. The lowest BCUT2D eigenvalue weighted by atomic mass is 10.0. The Morgan fingerprint density at radius 1 is 1.21 bits per heavy atom. The lowest BCUT2D eigenvalue weighted by Crippen LogP contribution is -2.26. The highest BCUT2D eigenvalue weighted by molar-refractivity contribution is 5.68. The van der Waals surface area contributed by atoms with Gasteiger partial charge in [-0.1, -0.05) is 30.7 Å². The van der Waals surface area contributed by atoms with E-state index >= 15 is 0 Å². The number of benzene rings is 1. The zero-order valence-corrected chi connectivity index (χ0v) is 20.5. The van der Waals surface area contributed by atoms with Gasteiger partial charge in [0.1, 0.15) is 5.82 Å².